The quantitative estimate of drug-likeness (QED) is 0.910. The number of pyridine rings is 1. The molecule has 0 saturated heterocycles. The summed E-state index contributed by atoms with van der Waals surface area (Å²) in [6.45, 7) is 0. The molecule has 1 unspecified atom stereocenters. The van der Waals surface area contributed by atoms with Gasteiger partial charge in [0.2, 0.25) is 0 Å². The SMILES string of the molecule is OC(c1ccc(C(F)F)cc1)c1cncc(F)c1. The lowest BCUT2D eigenvalue weighted by Gasteiger charge is -2.11. The summed E-state index contributed by atoms with van der Waals surface area (Å²) in [5.41, 5.74) is 0.565. The van der Waals surface area contributed by atoms with E-state index in [1.807, 2.05) is 0 Å². The van der Waals surface area contributed by atoms with Crippen LogP contribution in [0.3, 0.4) is 0 Å². The highest BCUT2D eigenvalue weighted by atomic mass is 19.3. The van der Waals surface area contributed by atoms with Crippen LogP contribution in [0.4, 0.5) is 13.2 Å². The van der Waals surface area contributed by atoms with E-state index in [4.69, 9.17) is 0 Å². The van der Waals surface area contributed by atoms with Crippen molar-refractivity contribution < 1.29 is 18.3 Å². The fourth-order valence-electron chi connectivity index (χ4n) is 1.59. The van der Waals surface area contributed by atoms with E-state index in [9.17, 15) is 18.3 Å². The van der Waals surface area contributed by atoms with Crippen molar-refractivity contribution in [3.05, 3.63) is 65.2 Å². The van der Waals surface area contributed by atoms with E-state index in [1.165, 1.54) is 30.5 Å². The lowest BCUT2D eigenvalue weighted by molar-refractivity contribution is 0.151. The molecule has 0 aliphatic heterocycles. The molecular formula is C13H10F3NO. The minimum Gasteiger partial charge on any atom is -0.384 e. The van der Waals surface area contributed by atoms with E-state index >= 15 is 0 Å². The zero-order chi connectivity index (χ0) is 13.1. The molecule has 2 nitrogen and oxygen atoms in total. The minimum absolute atomic E-state index is 0.122. The Hall–Kier alpha value is -1.88. The van der Waals surface area contributed by atoms with Crippen LogP contribution in [0.25, 0.3) is 0 Å². The molecule has 18 heavy (non-hydrogen) atoms. The number of aromatic nitrogens is 1. The number of benzene rings is 1. The first-order valence-corrected chi connectivity index (χ1v) is 5.24. The van der Waals surface area contributed by atoms with Gasteiger partial charge in [0.05, 0.1) is 6.20 Å². The maximum atomic E-state index is 12.9. The molecule has 0 aliphatic rings. The molecule has 1 heterocycles. The predicted octanol–water partition coefficient (Wildman–Crippen LogP) is 3.24. The van der Waals surface area contributed by atoms with Crippen LogP contribution >= 0.6 is 0 Å². The molecule has 94 valence electrons. The second-order valence-electron chi connectivity index (χ2n) is 3.81. The number of rotatable bonds is 3. The van der Waals surface area contributed by atoms with Crippen molar-refractivity contribution in [2.45, 2.75) is 12.5 Å². The summed E-state index contributed by atoms with van der Waals surface area (Å²) in [4.78, 5) is 3.62. The molecule has 0 amide bonds. The van der Waals surface area contributed by atoms with Gasteiger partial charge in [-0.2, -0.15) is 0 Å². The van der Waals surface area contributed by atoms with E-state index < -0.39 is 18.3 Å². The monoisotopic (exact) mass is 253 g/mol. The average Bonchev–Trinajstić information content (AvgIpc) is 2.38. The normalized spacial score (nSPS) is 12.7. The fraction of sp³-hybridized carbons (Fsp3) is 0.154. The lowest BCUT2D eigenvalue weighted by atomic mass is 10.0. The highest BCUT2D eigenvalue weighted by Gasteiger charge is 2.13. The Labute approximate surface area is 102 Å². The maximum Gasteiger partial charge on any atom is 0.263 e. The number of nitrogens with zero attached hydrogens (tertiary/aromatic N) is 1. The molecule has 2 rings (SSSR count). The standard InChI is InChI=1S/C13H10F3NO/c14-11-5-10(6-17-7-11)12(18)8-1-3-9(4-2-8)13(15)16/h1-7,12-13,18H. The summed E-state index contributed by atoms with van der Waals surface area (Å²) in [6.07, 6.45) is -1.28. The van der Waals surface area contributed by atoms with Crippen molar-refractivity contribution in [3.8, 4) is 0 Å². The molecule has 0 aliphatic carbocycles. The van der Waals surface area contributed by atoms with Crippen LogP contribution in [0.5, 0.6) is 0 Å². The Balaban J connectivity index is 2.26. The van der Waals surface area contributed by atoms with Gasteiger partial charge >= 0.3 is 0 Å². The van der Waals surface area contributed by atoms with Gasteiger partial charge in [-0.05, 0) is 11.6 Å². The Morgan fingerprint density at radius 1 is 0.944 bits per heavy atom. The number of hydrogen-bond donors (Lipinski definition) is 1. The minimum atomic E-state index is -2.55. The first-order valence-electron chi connectivity index (χ1n) is 5.24. The average molecular weight is 253 g/mol. The lowest BCUT2D eigenvalue weighted by Crippen LogP contribution is -2.01. The number of hydrogen-bond acceptors (Lipinski definition) is 2. The summed E-state index contributed by atoms with van der Waals surface area (Å²) < 4.78 is 37.6. The Bertz CT molecular complexity index is 528. The van der Waals surface area contributed by atoms with Gasteiger partial charge in [0.25, 0.3) is 6.43 Å². The van der Waals surface area contributed by atoms with Crippen LogP contribution in [0.1, 0.15) is 29.2 Å². The third-order valence-corrected chi connectivity index (χ3v) is 2.55. The van der Waals surface area contributed by atoms with Gasteiger partial charge in [-0.15, -0.1) is 0 Å². The summed E-state index contributed by atoms with van der Waals surface area (Å²) in [5, 5.41) is 9.95. The first-order chi connectivity index (χ1) is 8.58. The molecular weight excluding hydrogens is 243 g/mol. The zero-order valence-electron chi connectivity index (χ0n) is 9.22. The van der Waals surface area contributed by atoms with Crippen molar-refractivity contribution in [2.75, 3.05) is 0 Å². The van der Waals surface area contributed by atoms with Gasteiger partial charge in [0, 0.05) is 17.3 Å². The van der Waals surface area contributed by atoms with Gasteiger partial charge in [-0.25, -0.2) is 13.2 Å². The molecule has 0 spiro atoms. The molecule has 1 atom stereocenters. The Kier molecular flexibility index (Phi) is 3.62. The van der Waals surface area contributed by atoms with Gasteiger partial charge in [-0.1, -0.05) is 24.3 Å². The largest absolute Gasteiger partial charge is 0.384 e. The number of aliphatic hydroxyl groups is 1. The van der Waals surface area contributed by atoms with E-state index in [0.29, 0.717) is 5.56 Å². The Morgan fingerprint density at radius 3 is 2.11 bits per heavy atom. The van der Waals surface area contributed by atoms with Crippen LogP contribution < -0.4 is 0 Å². The second kappa shape index (κ2) is 5.18. The van der Waals surface area contributed by atoms with Crippen molar-refractivity contribution in [3.63, 3.8) is 0 Å². The Morgan fingerprint density at radius 2 is 1.56 bits per heavy atom. The van der Waals surface area contributed by atoms with Crippen molar-refractivity contribution in [1.82, 2.24) is 4.98 Å². The molecule has 2 aromatic rings. The van der Waals surface area contributed by atoms with E-state index in [0.717, 1.165) is 12.3 Å². The zero-order valence-corrected chi connectivity index (χ0v) is 9.22. The van der Waals surface area contributed by atoms with Gasteiger partial charge in [-0.3, -0.25) is 4.98 Å². The second-order valence-corrected chi connectivity index (χ2v) is 3.81. The molecule has 0 bridgehead atoms. The van der Waals surface area contributed by atoms with E-state index in [1.54, 1.807) is 0 Å². The van der Waals surface area contributed by atoms with Gasteiger partial charge < -0.3 is 5.11 Å². The topological polar surface area (TPSA) is 33.1 Å². The van der Waals surface area contributed by atoms with Crippen LogP contribution in [-0.4, -0.2) is 10.1 Å². The van der Waals surface area contributed by atoms with Crippen molar-refractivity contribution in [1.29, 1.82) is 0 Å². The molecule has 0 saturated carbocycles. The van der Waals surface area contributed by atoms with E-state index in [-0.39, 0.29) is 11.1 Å². The molecule has 1 N–H and O–H groups in total. The summed E-state index contributed by atoms with van der Waals surface area (Å²) in [5.74, 6) is -0.559. The third kappa shape index (κ3) is 2.68. The third-order valence-electron chi connectivity index (χ3n) is 2.55. The molecule has 5 heteroatoms. The van der Waals surface area contributed by atoms with E-state index in [2.05, 4.69) is 4.98 Å². The molecule has 0 radical (unpaired) electrons. The summed E-state index contributed by atoms with van der Waals surface area (Å²) in [6, 6.07) is 6.39. The van der Waals surface area contributed by atoms with Crippen LogP contribution in [0.2, 0.25) is 0 Å². The predicted molar refractivity (Wildman–Crippen MR) is 59.7 cm³/mol. The first kappa shape index (κ1) is 12.6. The number of aliphatic hydroxyl groups excluding tert-OH is 1. The van der Waals surface area contributed by atoms with Gasteiger partial charge in [0.1, 0.15) is 11.9 Å². The van der Waals surface area contributed by atoms with Crippen LogP contribution in [0.15, 0.2) is 42.7 Å². The highest BCUT2D eigenvalue weighted by molar-refractivity contribution is 5.31. The molecule has 1 aromatic carbocycles. The van der Waals surface area contributed by atoms with Gasteiger partial charge in [0.15, 0.2) is 0 Å². The highest BCUT2D eigenvalue weighted by Crippen LogP contribution is 2.25. The van der Waals surface area contributed by atoms with Crippen LogP contribution in [0, 0.1) is 5.82 Å². The van der Waals surface area contributed by atoms with Crippen molar-refractivity contribution >= 4 is 0 Å². The number of alkyl halides is 2. The summed E-state index contributed by atoms with van der Waals surface area (Å²) in [7, 11) is 0. The fourth-order valence-corrected chi connectivity index (χ4v) is 1.59. The molecule has 1 aromatic heterocycles. The smallest absolute Gasteiger partial charge is 0.263 e. The van der Waals surface area contributed by atoms with Crippen molar-refractivity contribution in [2.24, 2.45) is 0 Å². The number of halogens is 3. The maximum absolute atomic E-state index is 12.9. The summed E-state index contributed by atoms with van der Waals surface area (Å²) >= 11 is 0. The van der Waals surface area contributed by atoms with Crippen LogP contribution in [-0.2, 0) is 0 Å². The molecule has 0 fully saturated rings.